The molecule has 0 aliphatic carbocycles. The van der Waals surface area contributed by atoms with E-state index in [9.17, 15) is 19.2 Å². The van der Waals surface area contributed by atoms with Gasteiger partial charge in [0.15, 0.2) is 5.92 Å². The quantitative estimate of drug-likeness (QED) is 0.262. The minimum atomic E-state index is -1.41. The van der Waals surface area contributed by atoms with Crippen LogP contribution in [0.2, 0.25) is 0 Å². The van der Waals surface area contributed by atoms with Gasteiger partial charge in [-0.2, -0.15) is 0 Å². The first-order valence-corrected chi connectivity index (χ1v) is 10.9. The van der Waals surface area contributed by atoms with Gasteiger partial charge in [0.25, 0.3) is 0 Å². The molecule has 1 aromatic carbocycles. The summed E-state index contributed by atoms with van der Waals surface area (Å²) in [5.74, 6) is -3.13. The van der Waals surface area contributed by atoms with Crippen molar-refractivity contribution in [3.8, 4) is 5.75 Å². The zero-order valence-electron chi connectivity index (χ0n) is 19.9. The molecule has 1 aliphatic rings. The van der Waals surface area contributed by atoms with E-state index < -0.39 is 41.4 Å². The average molecular weight is 462 g/mol. The Kier molecular flexibility index (Phi) is 8.62. The fourth-order valence-electron chi connectivity index (χ4n) is 3.17. The van der Waals surface area contributed by atoms with Gasteiger partial charge in [-0.05, 0) is 59.7 Å². The number of nitrogens with zero attached hydrogens (tertiary/aromatic N) is 1. The third kappa shape index (κ3) is 6.12. The molecule has 0 N–H and O–H groups in total. The minimum absolute atomic E-state index is 0.0592. The van der Waals surface area contributed by atoms with Crippen LogP contribution in [0.1, 0.15) is 47.1 Å². The molecular weight excluding hydrogens is 430 g/mol. The summed E-state index contributed by atoms with van der Waals surface area (Å²) in [5, 5.41) is 0. The van der Waals surface area contributed by atoms with Gasteiger partial charge in [-0.3, -0.25) is 19.3 Å². The summed E-state index contributed by atoms with van der Waals surface area (Å²) in [6.07, 6.45) is 2.44. The molecule has 0 saturated carbocycles. The second-order valence-corrected chi connectivity index (χ2v) is 8.26. The topological polar surface area (TPSA) is 108 Å². The molecule has 0 bridgehead atoms. The van der Waals surface area contributed by atoms with Crippen LogP contribution in [0.4, 0.5) is 10.5 Å². The number of ether oxygens (including phenoxy) is 4. The molecule has 0 spiro atoms. The fourth-order valence-corrected chi connectivity index (χ4v) is 3.17. The lowest BCUT2D eigenvalue weighted by Gasteiger charge is -2.35. The van der Waals surface area contributed by atoms with Crippen LogP contribution >= 0.6 is 0 Å². The summed E-state index contributed by atoms with van der Waals surface area (Å²) in [5.41, 5.74) is 0.236. The first kappa shape index (κ1) is 25.9. The number of hydrogen-bond donors (Lipinski definition) is 0. The highest BCUT2D eigenvalue weighted by Gasteiger charge is 2.44. The Labute approximate surface area is 193 Å². The van der Waals surface area contributed by atoms with Crippen molar-refractivity contribution in [2.75, 3.05) is 24.7 Å². The summed E-state index contributed by atoms with van der Waals surface area (Å²) in [6.45, 7) is 10.3. The van der Waals surface area contributed by atoms with Crippen LogP contribution in [0.5, 0.6) is 5.75 Å². The number of carbonyl (C=O) groups is 4. The highest BCUT2D eigenvalue weighted by molar-refractivity contribution is 6.01. The molecule has 0 fully saturated rings. The van der Waals surface area contributed by atoms with Gasteiger partial charge >= 0.3 is 24.0 Å². The maximum Gasteiger partial charge on any atom is 0.414 e. The zero-order chi connectivity index (χ0) is 24.8. The number of amides is 1. The lowest BCUT2D eigenvalue weighted by molar-refractivity contribution is -0.162. The molecule has 1 unspecified atom stereocenters. The number of rotatable bonds is 7. The van der Waals surface area contributed by atoms with Crippen LogP contribution in [0.3, 0.4) is 0 Å². The fraction of sp³-hybridized carbons (Fsp3) is 0.500. The Morgan fingerprint density at radius 1 is 0.939 bits per heavy atom. The van der Waals surface area contributed by atoms with Crippen LogP contribution in [0.15, 0.2) is 24.3 Å². The van der Waals surface area contributed by atoms with Crippen molar-refractivity contribution in [2.45, 2.75) is 47.6 Å². The molecule has 33 heavy (non-hydrogen) atoms. The average Bonchev–Trinajstić information content (AvgIpc) is 2.73. The van der Waals surface area contributed by atoms with E-state index in [-0.39, 0.29) is 19.8 Å². The lowest BCUT2D eigenvalue weighted by Crippen LogP contribution is -2.51. The van der Waals surface area contributed by atoms with Gasteiger partial charge in [0.2, 0.25) is 0 Å². The molecule has 9 nitrogen and oxygen atoms in total. The monoisotopic (exact) mass is 461 g/mol. The number of hydrogen-bond acceptors (Lipinski definition) is 8. The maximum atomic E-state index is 12.9. The third-order valence-corrected chi connectivity index (χ3v) is 4.74. The second kappa shape index (κ2) is 11.0. The minimum Gasteiger partial charge on any atom is -0.465 e. The van der Waals surface area contributed by atoms with Gasteiger partial charge in [-0.1, -0.05) is 12.2 Å². The molecule has 0 aromatic heterocycles. The van der Waals surface area contributed by atoms with Crippen molar-refractivity contribution in [3.63, 3.8) is 0 Å². The van der Waals surface area contributed by atoms with Crippen LogP contribution in [0.25, 0.3) is 6.08 Å². The van der Waals surface area contributed by atoms with Crippen molar-refractivity contribution >= 4 is 35.8 Å². The molecule has 1 aliphatic heterocycles. The summed E-state index contributed by atoms with van der Waals surface area (Å²) in [6, 6.07) is 3.68. The Morgan fingerprint density at radius 2 is 1.52 bits per heavy atom. The van der Waals surface area contributed by atoms with E-state index in [0.717, 1.165) is 0 Å². The van der Waals surface area contributed by atoms with Crippen molar-refractivity contribution < 1.29 is 38.1 Å². The van der Waals surface area contributed by atoms with Gasteiger partial charge in [0.1, 0.15) is 5.75 Å². The molecule has 9 heteroatoms. The van der Waals surface area contributed by atoms with E-state index in [0.29, 0.717) is 17.0 Å². The van der Waals surface area contributed by atoms with Crippen LogP contribution in [-0.2, 0) is 28.6 Å². The predicted octanol–water partition coefficient (Wildman–Crippen LogP) is 3.74. The van der Waals surface area contributed by atoms with Crippen molar-refractivity contribution in [1.29, 1.82) is 0 Å². The first-order chi connectivity index (χ1) is 15.5. The van der Waals surface area contributed by atoms with E-state index in [4.69, 9.17) is 18.9 Å². The number of anilines is 1. The highest BCUT2D eigenvalue weighted by atomic mass is 16.6. The number of esters is 3. The van der Waals surface area contributed by atoms with Crippen molar-refractivity contribution in [3.05, 3.63) is 29.8 Å². The summed E-state index contributed by atoms with van der Waals surface area (Å²) < 4.78 is 20.8. The van der Waals surface area contributed by atoms with E-state index in [1.54, 1.807) is 59.8 Å². The van der Waals surface area contributed by atoms with Gasteiger partial charge in [0.05, 0.1) is 37.0 Å². The lowest BCUT2D eigenvalue weighted by atomic mass is 9.92. The van der Waals surface area contributed by atoms with E-state index in [1.165, 1.54) is 17.0 Å². The summed E-state index contributed by atoms with van der Waals surface area (Å²) >= 11 is 0. The van der Waals surface area contributed by atoms with Gasteiger partial charge in [-0.25, -0.2) is 4.79 Å². The number of carbonyl (C=O) groups excluding carboxylic acids is 4. The number of benzene rings is 1. The first-order valence-electron chi connectivity index (χ1n) is 10.9. The SMILES string of the molecule is CCOC(=O)C(C(=O)OCC)C1C=Cc2cc(OC(=O)C(C)(C)C)ccc2N1C(=O)OCC. The van der Waals surface area contributed by atoms with Crippen LogP contribution in [0, 0.1) is 11.3 Å². The maximum absolute atomic E-state index is 12.9. The molecule has 1 heterocycles. The normalized spacial score (nSPS) is 15.0. The summed E-state index contributed by atoms with van der Waals surface area (Å²) in [4.78, 5) is 51.7. The van der Waals surface area contributed by atoms with Crippen LogP contribution in [-0.4, -0.2) is 49.9 Å². The van der Waals surface area contributed by atoms with Crippen molar-refractivity contribution in [2.24, 2.45) is 11.3 Å². The number of fused-ring (bicyclic) bond motifs is 1. The smallest absolute Gasteiger partial charge is 0.414 e. The molecule has 1 atom stereocenters. The third-order valence-electron chi connectivity index (χ3n) is 4.74. The Bertz CT molecular complexity index is 913. The standard InChI is InChI=1S/C24H31NO8/c1-7-30-20(26)19(21(27)31-8-2)18-12-10-15-14-16(33-22(28)24(4,5)6)11-13-17(15)25(18)23(29)32-9-3/h10-14,18-19H,7-9H2,1-6H3. The van der Waals surface area contributed by atoms with Gasteiger partial charge in [-0.15, -0.1) is 0 Å². The predicted molar refractivity (Wildman–Crippen MR) is 121 cm³/mol. The Hall–Kier alpha value is -3.36. The van der Waals surface area contributed by atoms with E-state index in [2.05, 4.69) is 0 Å². The van der Waals surface area contributed by atoms with Gasteiger partial charge < -0.3 is 18.9 Å². The largest absolute Gasteiger partial charge is 0.465 e. The Morgan fingerprint density at radius 3 is 2.03 bits per heavy atom. The molecule has 2 rings (SSSR count). The second-order valence-electron chi connectivity index (χ2n) is 8.26. The van der Waals surface area contributed by atoms with E-state index >= 15 is 0 Å². The molecular formula is C24H31NO8. The van der Waals surface area contributed by atoms with Crippen molar-refractivity contribution in [1.82, 2.24) is 0 Å². The molecule has 1 amide bonds. The zero-order valence-corrected chi connectivity index (χ0v) is 19.9. The van der Waals surface area contributed by atoms with E-state index in [1.807, 2.05) is 0 Å². The molecule has 1 aromatic rings. The Balaban J connectivity index is 2.51. The molecule has 180 valence electrons. The summed E-state index contributed by atoms with van der Waals surface area (Å²) in [7, 11) is 0. The molecule has 0 radical (unpaired) electrons. The van der Waals surface area contributed by atoms with Crippen LogP contribution < -0.4 is 9.64 Å². The van der Waals surface area contributed by atoms with Gasteiger partial charge in [0, 0.05) is 5.56 Å². The molecule has 0 saturated heterocycles. The highest BCUT2D eigenvalue weighted by Crippen LogP contribution is 2.36.